The number of aliphatic hydroxyl groups is 1. The van der Waals surface area contributed by atoms with Crippen molar-refractivity contribution < 1.29 is 14.6 Å². The number of ether oxygens (including phenoxy) is 1. The van der Waals surface area contributed by atoms with Gasteiger partial charge < -0.3 is 9.84 Å². The zero-order valence-electron chi connectivity index (χ0n) is 28.3. The Labute approximate surface area is 258 Å². The Kier molecular flexibility index (Phi) is 35.1. The van der Waals surface area contributed by atoms with Crippen LogP contribution in [0.5, 0.6) is 0 Å². The van der Waals surface area contributed by atoms with E-state index in [-0.39, 0.29) is 12.6 Å². The molecule has 0 atom stereocenters. The number of hydrogen-bond acceptors (Lipinski definition) is 4. The van der Waals surface area contributed by atoms with Gasteiger partial charge in [-0.25, -0.2) is 0 Å². The van der Waals surface area contributed by atoms with Crippen LogP contribution in [0, 0.1) is 0 Å². The molecule has 4 nitrogen and oxygen atoms in total. The second-order valence-corrected chi connectivity index (χ2v) is 12.7. The third kappa shape index (κ3) is 33.8. The second-order valence-electron chi connectivity index (χ2n) is 12.7. The van der Waals surface area contributed by atoms with Gasteiger partial charge >= 0.3 is 5.97 Å². The van der Waals surface area contributed by atoms with Crippen LogP contribution in [0.2, 0.25) is 0 Å². The fourth-order valence-electron chi connectivity index (χ4n) is 5.83. The zero-order valence-corrected chi connectivity index (χ0v) is 28.3. The summed E-state index contributed by atoms with van der Waals surface area (Å²) in [4.78, 5) is 14.3. The van der Waals surface area contributed by atoms with Gasteiger partial charge in [0.25, 0.3) is 0 Å². The highest BCUT2D eigenvalue weighted by atomic mass is 16.5. The van der Waals surface area contributed by atoms with Gasteiger partial charge in [0.15, 0.2) is 0 Å². The molecular weight excluding hydrogens is 506 g/mol. The molecule has 0 saturated carbocycles. The first-order chi connectivity index (χ1) is 20.2. The molecule has 0 aromatic rings. The van der Waals surface area contributed by atoms with Gasteiger partial charge in [0, 0.05) is 19.5 Å². The van der Waals surface area contributed by atoms with E-state index in [1.165, 1.54) is 167 Å². The lowest BCUT2D eigenvalue weighted by molar-refractivity contribution is -0.144. The number of unbranched alkanes of at least 4 members (excludes halogenated alkanes) is 26. The third-order valence-electron chi connectivity index (χ3n) is 8.65. The van der Waals surface area contributed by atoms with Crippen molar-refractivity contribution in [2.24, 2.45) is 0 Å². The summed E-state index contributed by atoms with van der Waals surface area (Å²) in [5.41, 5.74) is 0. The highest BCUT2D eigenvalue weighted by Crippen LogP contribution is 2.15. The Bertz CT molecular complexity index is 499. The summed E-state index contributed by atoms with van der Waals surface area (Å²) in [6.07, 6.45) is 38.4. The summed E-state index contributed by atoms with van der Waals surface area (Å²) in [6, 6.07) is 0. The van der Waals surface area contributed by atoms with Crippen molar-refractivity contribution in [3.63, 3.8) is 0 Å². The van der Waals surface area contributed by atoms with Crippen molar-refractivity contribution in [1.82, 2.24) is 4.90 Å². The summed E-state index contributed by atoms with van der Waals surface area (Å²) in [5, 5.41) is 9.41. The summed E-state index contributed by atoms with van der Waals surface area (Å²) in [5.74, 6) is -0.0524. The number of nitrogens with zero attached hydrogens (tertiary/aromatic N) is 1. The smallest absolute Gasteiger partial charge is 0.305 e. The molecule has 1 N–H and O–H groups in total. The second kappa shape index (κ2) is 35.6. The Hall–Kier alpha value is -0.610. The third-order valence-corrected chi connectivity index (χ3v) is 8.65. The van der Waals surface area contributed by atoms with Crippen molar-refractivity contribution in [2.75, 3.05) is 32.8 Å². The van der Waals surface area contributed by atoms with Crippen molar-refractivity contribution in [1.29, 1.82) is 0 Å². The molecule has 0 aliphatic heterocycles. The SMILES string of the molecule is CCCCCCCCCCCCCCCCCCN(CCO)CCOC(=O)CCCCCCCCCCCCCC. The molecular formula is C37H75NO3. The molecule has 0 unspecified atom stereocenters. The average Bonchev–Trinajstić information content (AvgIpc) is 2.97. The summed E-state index contributed by atoms with van der Waals surface area (Å²) in [7, 11) is 0. The highest BCUT2D eigenvalue weighted by molar-refractivity contribution is 5.69. The maximum atomic E-state index is 12.1. The Morgan fingerprint density at radius 3 is 1.17 bits per heavy atom. The van der Waals surface area contributed by atoms with Crippen LogP contribution in [0.3, 0.4) is 0 Å². The normalized spacial score (nSPS) is 11.5. The molecule has 0 saturated heterocycles. The van der Waals surface area contributed by atoms with Crippen molar-refractivity contribution in [2.45, 2.75) is 200 Å². The Morgan fingerprint density at radius 2 is 0.805 bits per heavy atom. The van der Waals surface area contributed by atoms with Crippen molar-refractivity contribution in [3.8, 4) is 0 Å². The van der Waals surface area contributed by atoms with Gasteiger partial charge in [-0.2, -0.15) is 0 Å². The minimum atomic E-state index is -0.0524. The first-order valence-electron chi connectivity index (χ1n) is 18.7. The van der Waals surface area contributed by atoms with Gasteiger partial charge in [0.2, 0.25) is 0 Å². The monoisotopic (exact) mass is 582 g/mol. The molecule has 0 aromatic heterocycles. The minimum Gasteiger partial charge on any atom is -0.464 e. The Morgan fingerprint density at radius 1 is 0.463 bits per heavy atom. The Balaban J connectivity index is 3.48. The molecule has 4 heteroatoms. The van der Waals surface area contributed by atoms with E-state index < -0.39 is 0 Å². The lowest BCUT2D eigenvalue weighted by Gasteiger charge is -2.21. The summed E-state index contributed by atoms with van der Waals surface area (Å²) >= 11 is 0. The number of hydrogen-bond donors (Lipinski definition) is 1. The maximum absolute atomic E-state index is 12.1. The average molecular weight is 582 g/mol. The van der Waals surface area contributed by atoms with Crippen LogP contribution in [-0.2, 0) is 9.53 Å². The van der Waals surface area contributed by atoms with Gasteiger partial charge in [0.1, 0.15) is 6.61 Å². The molecule has 0 fully saturated rings. The lowest BCUT2D eigenvalue weighted by Crippen LogP contribution is -2.32. The fraction of sp³-hybridized carbons (Fsp3) is 0.973. The van der Waals surface area contributed by atoms with E-state index in [9.17, 15) is 9.90 Å². The van der Waals surface area contributed by atoms with E-state index in [2.05, 4.69) is 18.7 Å². The van der Waals surface area contributed by atoms with E-state index in [1.54, 1.807) is 0 Å². The van der Waals surface area contributed by atoms with E-state index in [4.69, 9.17) is 4.74 Å². The van der Waals surface area contributed by atoms with Gasteiger partial charge in [-0.1, -0.05) is 181 Å². The van der Waals surface area contributed by atoms with E-state index >= 15 is 0 Å². The largest absolute Gasteiger partial charge is 0.464 e. The molecule has 0 aromatic carbocycles. The van der Waals surface area contributed by atoms with Crippen LogP contribution in [0.4, 0.5) is 0 Å². The number of rotatable bonds is 35. The van der Waals surface area contributed by atoms with Gasteiger partial charge in [-0.15, -0.1) is 0 Å². The van der Waals surface area contributed by atoms with E-state index in [0.717, 1.165) is 25.9 Å². The first kappa shape index (κ1) is 40.4. The predicted molar refractivity (Wildman–Crippen MR) is 180 cm³/mol. The minimum absolute atomic E-state index is 0.0524. The van der Waals surface area contributed by atoms with Crippen LogP contribution >= 0.6 is 0 Å². The van der Waals surface area contributed by atoms with Crippen LogP contribution < -0.4 is 0 Å². The molecule has 0 rings (SSSR count). The molecule has 0 aliphatic rings. The molecule has 41 heavy (non-hydrogen) atoms. The van der Waals surface area contributed by atoms with Crippen LogP contribution in [0.25, 0.3) is 0 Å². The maximum Gasteiger partial charge on any atom is 0.305 e. The molecule has 0 bridgehead atoms. The number of carbonyl (C=O) groups excluding carboxylic acids is 1. The molecule has 0 heterocycles. The number of aliphatic hydroxyl groups excluding tert-OH is 1. The predicted octanol–water partition coefficient (Wildman–Crippen LogP) is 11.2. The summed E-state index contributed by atoms with van der Waals surface area (Å²) in [6.45, 7) is 7.60. The number of esters is 1. The van der Waals surface area contributed by atoms with Crippen LogP contribution in [0.15, 0.2) is 0 Å². The van der Waals surface area contributed by atoms with Crippen LogP contribution in [0.1, 0.15) is 200 Å². The fourth-order valence-corrected chi connectivity index (χ4v) is 5.83. The standard InChI is InChI=1S/C37H75NO3/c1-3-5-7-9-11-13-15-17-18-19-20-22-24-26-28-30-32-38(33-35-39)34-36-41-37(40)31-29-27-25-23-21-16-14-12-10-8-6-4-2/h39H,3-36H2,1-2H3. The summed E-state index contributed by atoms with van der Waals surface area (Å²) < 4.78 is 5.49. The van der Waals surface area contributed by atoms with E-state index in [1.807, 2.05) is 0 Å². The molecule has 0 radical (unpaired) electrons. The van der Waals surface area contributed by atoms with Gasteiger partial charge in [0.05, 0.1) is 6.61 Å². The highest BCUT2D eigenvalue weighted by Gasteiger charge is 2.07. The topological polar surface area (TPSA) is 49.8 Å². The quantitative estimate of drug-likeness (QED) is 0.0597. The van der Waals surface area contributed by atoms with Gasteiger partial charge in [-0.3, -0.25) is 9.69 Å². The number of carbonyl (C=O) groups is 1. The van der Waals surface area contributed by atoms with Gasteiger partial charge in [-0.05, 0) is 19.4 Å². The molecule has 246 valence electrons. The first-order valence-corrected chi connectivity index (χ1v) is 18.7. The molecule has 0 aliphatic carbocycles. The molecule has 0 spiro atoms. The molecule has 0 amide bonds. The van der Waals surface area contributed by atoms with Crippen molar-refractivity contribution in [3.05, 3.63) is 0 Å². The zero-order chi connectivity index (χ0) is 29.9. The lowest BCUT2D eigenvalue weighted by atomic mass is 10.0. The van der Waals surface area contributed by atoms with Crippen molar-refractivity contribution >= 4 is 5.97 Å². The van der Waals surface area contributed by atoms with Crippen LogP contribution in [-0.4, -0.2) is 48.8 Å². The van der Waals surface area contributed by atoms with E-state index in [0.29, 0.717) is 19.6 Å².